The van der Waals surface area contributed by atoms with Gasteiger partial charge in [0, 0.05) is 23.5 Å². The van der Waals surface area contributed by atoms with Gasteiger partial charge in [0.15, 0.2) is 5.82 Å². The second kappa shape index (κ2) is 11.5. The Morgan fingerprint density at radius 1 is 0.973 bits per heavy atom. The SMILES string of the molecule is CCCCOc1ccc2c(c1)c(F)c(-c1c(C)cccc1C)n2Cc1ccc(CCNC2CCC2)cc1. The first-order valence-electron chi connectivity index (χ1n) is 13.9. The van der Waals surface area contributed by atoms with Crippen LogP contribution in [0.4, 0.5) is 4.39 Å². The molecule has 194 valence electrons. The molecule has 0 amide bonds. The molecule has 3 aromatic carbocycles. The molecule has 0 aliphatic heterocycles. The first kappa shape index (κ1) is 25.5. The second-order valence-electron chi connectivity index (χ2n) is 10.5. The third-order valence-corrected chi connectivity index (χ3v) is 7.77. The summed E-state index contributed by atoms with van der Waals surface area (Å²) in [7, 11) is 0. The van der Waals surface area contributed by atoms with Crippen molar-refractivity contribution >= 4 is 10.9 Å². The van der Waals surface area contributed by atoms with Crippen molar-refractivity contribution in [2.24, 2.45) is 0 Å². The molecule has 4 heteroatoms. The summed E-state index contributed by atoms with van der Waals surface area (Å²) in [5.74, 6) is 0.553. The number of benzene rings is 3. The van der Waals surface area contributed by atoms with E-state index in [1.165, 1.54) is 30.4 Å². The zero-order valence-corrected chi connectivity index (χ0v) is 22.4. The van der Waals surface area contributed by atoms with Gasteiger partial charge in [0.2, 0.25) is 0 Å². The van der Waals surface area contributed by atoms with Crippen molar-refractivity contribution in [3.63, 3.8) is 0 Å². The average Bonchev–Trinajstić information content (AvgIpc) is 3.12. The average molecular weight is 499 g/mol. The first-order valence-corrected chi connectivity index (χ1v) is 13.9. The number of hydrogen-bond acceptors (Lipinski definition) is 2. The summed E-state index contributed by atoms with van der Waals surface area (Å²) in [6, 6.07) is 21.6. The van der Waals surface area contributed by atoms with Crippen LogP contribution in [0, 0.1) is 19.7 Å². The summed E-state index contributed by atoms with van der Waals surface area (Å²) in [5.41, 5.74) is 7.19. The van der Waals surface area contributed by atoms with Gasteiger partial charge in [0.25, 0.3) is 0 Å². The topological polar surface area (TPSA) is 26.2 Å². The highest BCUT2D eigenvalue weighted by atomic mass is 19.1. The van der Waals surface area contributed by atoms with Gasteiger partial charge in [-0.2, -0.15) is 0 Å². The maximum atomic E-state index is 16.2. The molecule has 1 aliphatic carbocycles. The maximum Gasteiger partial charge on any atom is 0.156 e. The number of unbranched alkanes of at least 4 members (excludes halogenated alkanes) is 1. The fourth-order valence-corrected chi connectivity index (χ4v) is 5.34. The minimum Gasteiger partial charge on any atom is -0.494 e. The van der Waals surface area contributed by atoms with Crippen molar-refractivity contribution in [3.8, 4) is 17.0 Å². The van der Waals surface area contributed by atoms with E-state index >= 15 is 4.39 Å². The number of fused-ring (bicyclic) bond motifs is 1. The van der Waals surface area contributed by atoms with Crippen LogP contribution in [0.3, 0.4) is 0 Å². The van der Waals surface area contributed by atoms with Crippen LogP contribution in [-0.4, -0.2) is 23.8 Å². The standard InChI is InChI=1S/C33H39FN2O/c1-4-5-20-37-28-16-17-30-29(21-28)32(34)33(31-23(2)8-6-9-24(31)3)36(30)22-26-14-12-25(13-15-26)18-19-35-27-10-7-11-27/h6,8-9,12-17,21,27,35H,4-5,7,10-11,18-20,22H2,1-3H3. The lowest BCUT2D eigenvalue weighted by Crippen LogP contribution is -2.36. The van der Waals surface area contributed by atoms with Crippen LogP contribution in [0.1, 0.15) is 61.3 Å². The molecule has 0 bridgehead atoms. The van der Waals surface area contributed by atoms with Gasteiger partial charge in [-0.05, 0) is 86.5 Å². The van der Waals surface area contributed by atoms with Gasteiger partial charge in [0.1, 0.15) is 5.75 Å². The fourth-order valence-electron chi connectivity index (χ4n) is 5.34. The Balaban J connectivity index is 1.47. The number of ether oxygens (including phenoxy) is 1. The molecule has 0 atom stereocenters. The molecular weight excluding hydrogens is 459 g/mol. The normalized spacial score (nSPS) is 13.7. The molecule has 0 radical (unpaired) electrons. The second-order valence-corrected chi connectivity index (χ2v) is 10.5. The predicted octanol–water partition coefficient (Wildman–Crippen LogP) is 7.98. The Kier molecular flexibility index (Phi) is 7.95. The van der Waals surface area contributed by atoms with Crippen molar-refractivity contribution in [3.05, 3.63) is 88.7 Å². The lowest BCUT2D eigenvalue weighted by molar-refractivity contribution is 0.309. The molecule has 0 saturated heterocycles. The number of aromatic nitrogens is 1. The van der Waals surface area contributed by atoms with E-state index in [0.717, 1.165) is 59.8 Å². The minimum atomic E-state index is -0.174. The zero-order valence-electron chi connectivity index (χ0n) is 22.4. The first-order chi connectivity index (χ1) is 18.0. The molecule has 3 nitrogen and oxygen atoms in total. The molecule has 0 unspecified atom stereocenters. The highest BCUT2D eigenvalue weighted by Crippen LogP contribution is 2.38. The van der Waals surface area contributed by atoms with E-state index < -0.39 is 0 Å². The number of hydrogen-bond donors (Lipinski definition) is 1. The molecule has 1 N–H and O–H groups in total. The van der Waals surface area contributed by atoms with E-state index in [0.29, 0.717) is 24.2 Å². The Bertz CT molecular complexity index is 1330. The summed E-state index contributed by atoms with van der Waals surface area (Å²) in [4.78, 5) is 0. The van der Waals surface area contributed by atoms with Crippen LogP contribution in [-0.2, 0) is 13.0 Å². The third kappa shape index (κ3) is 5.60. The molecular formula is C33H39FN2O. The molecule has 1 aliphatic rings. The maximum absolute atomic E-state index is 16.2. The monoisotopic (exact) mass is 498 g/mol. The molecule has 37 heavy (non-hydrogen) atoms. The number of nitrogens with zero attached hydrogens (tertiary/aromatic N) is 1. The lowest BCUT2D eigenvalue weighted by Gasteiger charge is -2.26. The number of halogens is 1. The lowest BCUT2D eigenvalue weighted by atomic mass is 9.93. The Morgan fingerprint density at radius 2 is 1.70 bits per heavy atom. The van der Waals surface area contributed by atoms with E-state index in [-0.39, 0.29) is 5.82 Å². The molecule has 1 aromatic heterocycles. The van der Waals surface area contributed by atoms with Gasteiger partial charge >= 0.3 is 0 Å². The highest BCUT2D eigenvalue weighted by molar-refractivity contribution is 5.90. The van der Waals surface area contributed by atoms with Crippen molar-refractivity contribution in [2.45, 2.75) is 71.9 Å². The quantitative estimate of drug-likeness (QED) is 0.212. The van der Waals surface area contributed by atoms with Crippen molar-refractivity contribution in [2.75, 3.05) is 13.2 Å². The summed E-state index contributed by atoms with van der Waals surface area (Å²) < 4.78 is 24.3. The Hall–Kier alpha value is -3.11. The van der Waals surface area contributed by atoms with Crippen LogP contribution in [0.25, 0.3) is 22.2 Å². The van der Waals surface area contributed by atoms with E-state index in [1.807, 2.05) is 24.3 Å². The van der Waals surface area contributed by atoms with Gasteiger partial charge in [-0.3, -0.25) is 0 Å². The largest absolute Gasteiger partial charge is 0.494 e. The van der Waals surface area contributed by atoms with Crippen LogP contribution in [0.2, 0.25) is 0 Å². The fraction of sp³-hybridized carbons (Fsp3) is 0.394. The van der Waals surface area contributed by atoms with E-state index in [2.05, 4.69) is 67.1 Å². The highest BCUT2D eigenvalue weighted by Gasteiger charge is 2.22. The van der Waals surface area contributed by atoms with Crippen molar-refractivity contribution in [1.82, 2.24) is 9.88 Å². The molecule has 1 heterocycles. The van der Waals surface area contributed by atoms with E-state index in [9.17, 15) is 0 Å². The molecule has 0 spiro atoms. The molecule has 4 aromatic rings. The van der Waals surface area contributed by atoms with E-state index in [4.69, 9.17) is 4.74 Å². The van der Waals surface area contributed by atoms with Gasteiger partial charge in [0.05, 0.1) is 17.8 Å². The molecule has 1 saturated carbocycles. The Labute approximate surface area is 220 Å². The summed E-state index contributed by atoms with van der Waals surface area (Å²) in [6.45, 7) is 8.56. The van der Waals surface area contributed by atoms with Crippen LogP contribution < -0.4 is 10.1 Å². The summed E-state index contributed by atoms with van der Waals surface area (Å²) in [6.07, 6.45) is 7.08. The van der Waals surface area contributed by atoms with Gasteiger partial charge in [-0.25, -0.2) is 4.39 Å². The van der Waals surface area contributed by atoms with Crippen LogP contribution >= 0.6 is 0 Å². The molecule has 1 fully saturated rings. The number of rotatable bonds is 11. The van der Waals surface area contributed by atoms with Crippen LogP contribution in [0.15, 0.2) is 60.7 Å². The van der Waals surface area contributed by atoms with E-state index in [1.54, 1.807) is 0 Å². The van der Waals surface area contributed by atoms with Crippen LogP contribution in [0.5, 0.6) is 5.75 Å². The number of nitrogens with one attached hydrogen (secondary N) is 1. The van der Waals surface area contributed by atoms with Gasteiger partial charge in [-0.1, -0.05) is 62.2 Å². The smallest absolute Gasteiger partial charge is 0.156 e. The minimum absolute atomic E-state index is 0.174. The third-order valence-electron chi connectivity index (χ3n) is 7.77. The summed E-state index contributed by atoms with van der Waals surface area (Å²) in [5, 5.41) is 4.26. The summed E-state index contributed by atoms with van der Waals surface area (Å²) >= 11 is 0. The van der Waals surface area contributed by atoms with Crippen molar-refractivity contribution < 1.29 is 9.13 Å². The molecule has 5 rings (SSSR count). The van der Waals surface area contributed by atoms with Gasteiger partial charge < -0.3 is 14.6 Å². The van der Waals surface area contributed by atoms with Crippen molar-refractivity contribution in [1.29, 1.82) is 0 Å². The Morgan fingerprint density at radius 3 is 2.38 bits per heavy atom. The number of aryl methyl sites for hydroxylation is 2. The zero-order chi connectivity index (χ0) is 25.8. The van der Waals surface area contributed by atoms with Gasteiger partial charge in [-0.15, -0.1) is 0 Å². The predicted molar refractivity (Wildman–Crippen MR) is 152 cm³/mol.